The lowest BCUT2D eigenvalue weighted by atomic mass is 10.0. The lowest BCUT2D eigenvalue weighted by molar-refractivity contribution is -0.136. The van der Waals surface area contributed by atoms with Gasteiger partial charge in [-0.2, -0.15) is 0 Å². The van der Waals surface area contributed by atoms with Gasteiger partial charge < -0.3 is 20.4 Å². The average Bonchev–Trinajstić information content (AvgIpc) is 2.45. The van der Waals surface area contributed by atoms with Crippen LogP contribution in [0.4, 0.5) is 0 Å². The summed E-state index contributed by atoms with van der Waals surface area (Å²) in [7, 11) is 1.71. The van der Waals surface area contributed by atoms with Crippen LogP contribution in [0.15, 0.2) is 0 Å². The Balaban J connectivity index is 2.64. The highest BCUT2D eigenvalue weighted by Gasteiger charge is 2.38. The molecule has 2 unspecified atom stereocenters. The summed E-state index contributed by atoms with van der Waals surface area (Å²) < 4.78 is 0. The van der Waals surface area contributed by atoms with E-state index in [-0.39, 0.29) is 19.0 Å². The maximum absolute atomic E-state index is 11.8. The second kappa shape index (κ2) is 3.84. The van der Waals surface area contributed by atoms with Crippen LogP contribution < -0.4 is 5.32 Å². The summed E-state index contributed by atoms with van der Waals surface area (Å²) in [5, 5.41) is 21.5. The smallest absolute Gasteiger partial charge is 0.242 e. The highest BCUT2D eigenvalue weighted by Crippen LogP contribution is 2.15. The number of amides is 1. The molecule has 14 heavy (non-hydrogen) atoms. The third kappa shape index (κ3) is 2.05. The fourth-order valence-electron chi connectivity index (χ4n) is 1.44. The van der Waals surface area contributed by atoms with Crippen molar-refractivity contribution in [2.75, 3.05) is 20.1 Å². The number of nitrogens with one attached hydrogen (secondary N) is 1. The normalized spacial score (nSPS) is 28.2. The Morgan fingerprint density at radius 2 is 1.79 bits per heavy atom. The van der Waals surface area contributed by atoms with E-state index in [4.69, 9.17) is 0 Å². The standard InChI is InChI=1S/C9H18N2O3/c1-9(2,10-3)8(14)11-4-6(12)7(13)5-11/h6-7,10,12-13H,4-5H2,1-3H3. The van der Waals surface area contributed by atoms with Crippen LogP contribution in [0.25, 0.3) is 0 Å². The van der Waals surface area contributed by atoms with E-state index < -0.39 is 17.7 Å². The van der Waals surface area contributed by atoms with E-state index in [2.05, 4.69) is 5.32 Å². The molecule has 1 fully saturated rings. The van der Waals surface area contributed by atoms with Crippen LogP contribution in [0, 0.1) is 0 Å². The largest absolute Gasteiger partial charge is 0.388 e. The molecule has 0 spiro atoms. The number of nitrogens with zero attached hydrogens (tertiary/aromatic N) is 1. The lowest BCUT2D eigenvalue weighted by Crippen LogP contribution is -2.52. The molecule has 5 heteroatoms. The lowest BCUT2D eigenvalue weighted by Gasteiger charge is -2.28. The first-order valence-electron chi connectivity index (χ1n) is 4.73. The Kier molecular flexibility index (Phi) is 3.14. The van der Waals surface area contributed by atoms with E-state index in [9.17, 15) is 15.0 Å². The highest BCUT2D eigenvalue weighted by atomic mass is 16.3. The van der Waals surface area contributed by atoms with Crippen molar-refractivity contribution in [1.29, 1.82) is 0 Å². The van der Waals surface area contributed by atoms with E-state index in [1.54, 1.807) is 20.9 Å². The van der Waals surface area contributed by atoms with Crippen molar-refractivity contribution in [3.05, 3.63) is 0 Å². The van der Waals surface area contributed by atoms with Crippen LogP contribution in [0.2, 0.25) is 0 Å². The number of aliphatic hydroxyl groups is 2. The monoisotopic (exact) mass is 202 g/mol. The molecule has 0 aromatic carbocycles. The van der Waals surface area contributed by atoms with Crippen LogP contribution in [-0.2, 0) is 4.79 Å². The molecule has 0 radical (unpaired) electrons. The van der Waals surface area contributed by atoms with E-state index >= 15 is 0 Å². The molecule has 1 amide bonds. The third-order valence-electron chi connectivity index (χ3n) is 2.71. The van der Waals surface area contributed by atoms with Gasteiger partial charge in [0.15, 0.2) is 0 Å². The highest BCUT2D eigenvalue weighted by molar-refractivity contribution is 5.85. The van der Waals surface area contributed by atoms with Crippen molar-refractivity contribution in [3.63, 3.8) is 0 Å². The molecule has 0 aromatic heterocycles. The van der Waals surface area contributed by atoms with E-state index in [1.165, 1.54) is 4.90 Å². The Morgan fingerprint density at radius 1 is 1.36 bits per heavy atom. The van der Waals surface area contributed by atoms with Crippen molar-refractivity contribution >= 4 is 5.91 Å². The van der Waals surface area contributed by atoms with Gasteiger partial charge in [-0.25, -0.2) is 0 Å². The SMILES string of the molecule is CNC(C)(C)C(=O)N1CC(O)C(O)C1. The van der Waals surface area contributed by atoms with Gasteiger partial charge in [0.25, 0.3) is 0 Å². The molecule has 82 valence electrons. The number of carbonyl (C=O) groups excluding carboxylic acids is 1. The zero-order chi connectivity index (χ0) is 10.9. The number of aliphatic hydroxyl groups excluding tert-OH is 2. The van der Waals surface area contributed by atoms with Crippen LogP contribution in [0.1, 0.15) is 13.8 Å². The molecule has 1 aliphatic rings. The predicted molar refractivity (Wildman–Crippen MR) is 51.7 cm³/mol. The molecule has 0 saturated carbocycles. The first-order chi connectivity index (χ1) is 6.38. The van der Waals surface area contributed by atoms with Gasteiger partial charge in [-0.15, -0.1) is 0 Å². The summed E-state index contributed by atoms with van der Waals surface area (Å²) >= 11 is 0. The first kappa shape index (κ1) is 11.4. The summed E-state index contributed by atoms with van der Waals surface area (Å²) in [6.45, 7) is 3.97. The number of rotatable bonds is 2. The summed E-state index contributed by atoms with van der Waals surface area (Å²) in [6.07, 6.45) is -1.63. The Morgan fingerprint density at radius 3 is 2.14 bits per heavy atom. The van der Waals surface area contributed by atoms with E-state index in [0.717, 1.165) is 0 Å². The topological polar surface area (TPSA) is 72.8 Å². The predicted octanol–water partition coefficient (Wildman–Crippen LogP) is -1.45. The molecule has 0 bridgehead atoms. The van der Waals surface area contributed by atoms with Gasteiger partial charge in [-0.1, -0.05) is 0 Å². The van der Waals surface area contributed by atoms with Crippen LogP contribution in [0.5, 0.6) is 0 Å². The zero-order valence-electron chi connectivity index (χ0n) is 8.82. The van der Waals surface area contributed by atoms with Gasteiger partial charge in [0, 0.05) is 13.1 Å². The maximum Gasteiger partial charge on any atom is 0.242 e. The third-order valence-corrected chi connectivity index (χ3v) is 2.71. The van der Waals surface area contributed by atoms with Crippen molar-refractivity contribution in [2.24, 2.45) is 0 Å². The minimum atomic E-state index is -0.813. The van der Waals surface area contributed by atoms with Crippen LogP contribution >= 0.6 is 0 Å². The average molecular weight is 202 g/mol. The van der Waals surface area contributed by atoms with Crippen molar-refractivity contribution < 1.29 is 15.0 Å². The van der Waals surface area contributed by atoms with Gasteiger partial charge >= 0.3 is 0 Å². The molecule has 0 aliphatic carbocycles. The van der Waals surface area contributed by atoms with Gasteiger partial charge in [0.05, 0.1) is 17.7 Å². The van der Waals surface area contributed by atoms with Crippen molar-refractivity contribution in [3.8, 4) is 0 Å². The molecule has 2 atom stereocenters. The van der Waals surface area contributed by atoms with Crippen LogP contribution in [-0.4, -0.2) is 58.9 Å². The summed E-state index contributed by atoms with van der Waals surface area (Å²) in [4.78, 5) is 13.3. The molecule has 1 saturated heterocycles. The molecule has 3 N–H and O–H groups in total. The Hall–Kier alpha value is -0.650. The van der Waals surface area contributed by atoms with E-state index in [0.29, 0.717) is 0 Å². The first-order valence-corrected chi connectivity index (χ1v) is 4.73. The number of β-amino-alcohol motifs (C(OH)–C–C–N with tert-alkyl or cyclic N) is 2. The molecule has 0 aromatic rings. The zero-order valence-corrected chi connectivity index (χ0v) is 8.82. The number of hydrogen-bond acceptors (Lipinski definition) is 4. The molecule has 1 aliphatic heterocycles. The molecular weight excluding hydrogens is 184 g/mol. The molecule has 1 rings (SSSR count). The Labute approximate surface area is 83.7 Å². The van der Waals surface area contributed by atoms with Gasteiger partial charge in [-0.05, 0) is 20.9 Å². The van der Waals surface area contributed by atoms with Gasteiger partial charge in [0.2, 0.25) is 5.91 Å². The summed E-state index contributed by atoms with van der Waals surface area (Å²) in [5.74, 6) is -0.101. The molecule has 1 heterocycles. The second-order valence-corrected chi connectivity index (χ2v) is 4.22. The second-order valence-electron chi connectivity index (χ2n) is 4.22. The fourth-order valence-corrected chi connectivity index (χ4v) is 1.44. The Bertz CT molecular complexity index is 220. The number of likely N-dealkylation sites (N-methyl/N-ethyl adjacent to an activating group) is 1. The summed E-state index contributed by atoms with van der Waals surface area (Å²) in [5.41, 5.74) is -0.649. The van der Waals surface area contributed by atoms with E-state index in [1.807, 2.05) is 0 Å². The summed E-state index contributed by atoms with van der Waals surface area (Å²) in [6, 6.07) is 0. The maximum atomic E-state index is 11.8. The molecular formula is C9H18N2O3. The quantitative estimate of drug-likeness (QED) is 0.512. The van der Waals surface area contributed by atoms with Crippen molar-refractivity contribution in [2.45, 2.75) is 31.6 Å². The number of hydrogen-bond donors (Lipinski definition) is 3. The minimum absolute atomic E-state index is 0.101. The minimum Gasteiger partial charge on any atom is -0.388 e. The van der Waals surface area contributed by atoms with Gasteiger partial charge in [-0.3, -0.25) is 4.79 Å². The molecule has 5 nitrogen and oxygen atoms in total. The number of likely N-dealkylation sites (tertiary alicyclic amines) is 1. The van der Waals surface area contributed by atoms with Gasteiger partial charge in [0.1, 0.15) is 0 Å². The van der Waals surface area contributed by atoms with Crippen LogP contribution in [0.3, 0.4) is 0 Å². The fraction of sp³-hybridized carbons (Fsp3) is 0.889. The van der Waals surface area contributed by atoms with Crippen molar-refractivity contribution in [1.82, 2.24) is 10.2 Å². The number of carbonyl (C=O) groups is 1.